The summed E-state index contributed by atoms with van der Waals surface area (Å²) in [5, 5.41) is 3.14. The van der Waals surface area contributed by atoms with E-state index in [0.717, 1.165) is 5.56 Å². The van der Waals surface area contributed by atoms with Crippen LogP contribution in [0.5, 0.6) is 0 Å². The van der Waals surface area contributed by atoms with Gasteiger partial charge >= 0.3 is 5.97 Å². The quantitative estimate of drug-likeness (QED) is 0.718. The number of aliphatic imine (C=N–C) groups is 1. The molecule has 156 valence electrons. The zero-order chi connectivity index (χ0) is 21.8. The molecular formula is C21H20ClN3O4S. The van der Waals surface area contributed by atoms with Crippen LogP contribution in [0.3, 0.4) is 0 Å². The summed E-state index contributed by atoms with van der Waals surface area (Å²) in [6, 6.07) is 11.7. The lowest BCUT2D eigenvalue weighted by atomic mass is 10.2. The number of ether oxygens (including phenoxy) is 1. The molecule has 2 aromatic carbocycles. The number of rotatable bonds is 4. The van der Waals surface area contributed by atoms with Gasteiger partial charge in [-0.1, -0.05) is 29.4 Å². The van der Waals surface area contributed by atoms with Gasteiger partial charge in [0.1, 0.15) is 5.25 Å². The number of aryl methyl sites for hydroxylation is 1. The summed E-state index contributed by atoms with van der Waals surface area (Å²) in [6.45, 7) is 1.87. The van der Waals surface area contributed by atoms with Crippen LogP contribution in [0.15, 0.2) is 47.5 Å². The monoisotopic (exact) mass is 445 g/mol. The average Bonchev–Trinajstić information content (AvgIpc) is 2.73. The molecule has 3 rings (SSSR count). The number of anilines is 1. The maximum atomic E-state index is 12.7. The normalized spacial score (nSPS) is 17.7. The van der Waals surface area contributed by atoms with E-state index in [9.17, 15) is 14.4 Å². The molecule has 0 bridgehead atoms. The predicted molar refractivity (Wildman–Crippen MR) is 118 cm³/mol. The molecule has 1 atom stereocenters. The summed E-state index contributed by atoms with van der Waals surface area (Å²) < 4.78 is 4.68. The topological polar surface area (TPSA) is 88.1 Å². The second kappa shape index (κ2) is 9.32. The van der Waals surface area contributed by atoms with E-state index in [1.54, 1.807) is 43.4 Å². The Bertz CT molecular complexity index is 1020. The van der Waals surface area contributed by atoms with Gasteiger partial charge in [0.15, 0.2) is 5.17 Å². The predicted octanol–water partition coefficient (Wildman–Crippen LogP) is 4.03. The number of esters is 1. The van der Waals surface area contributed by atoms with Crippen LogP contribution in [-0.4, -0.2) is 47.3 Å². The van der Waals surface area contributed by atoms with E-state index >= 15 is 0 Å². The number of thioether (sulfide) groups is 1. The van der Waals surface area contributed by atoms with Crippen LogP contribution in [0.4, 0.5) is 11.4 Å². The molecule has 0 aliphatic carbocycles. The van der Waals surface area contributed by atoms with Gasteiger partial charge in [0.25, 0.3) is 0 Å². The minimum absolute atomic E-state index is 0.0624. The molecule has 2 aromatic rings. The maximum absolute atomic E-state index is 12.7. The van der Waals surface area contributed by atoms with Gasteiger partial charge in [0.05, 0.1) is 18.4 Å². The Balaban J connectivity index is 1.76. The molecule has 0 saturated carbocycles. The van der Waals surface area contributed by atoms with Crippen LogP contribution in [0, 0.1) is 6.92 Å². The maximum Gasteiger partial charge on any atom is 0.337 e. The summed E-state index contributed by atoms with van der Waals surface area (Å²) in [5.41, 5.74) is 2.43. The number of carbonyl (C=O) groups is 3. The molecule has 1 aliphatic heterocycles. The van der Waals surface area contributed by atoms with E-state index in [-0.39, 0.29) is 18.2 Å². The first-order valence-corrected chi connectivity index (χ1v) is 10.3. The highest BCUT2D eigenvalue weighted by atomic mass is 35.5. The van der Waals surface area contributed by atoms with Crippen LogP contribution in [0.2, 0.25) is 5.02 Å². The van der Waals surface area contributed by atoms with E-state index in [1.807, 2.05) is 13.0 Å². The number of hydrogen-bond acceptors (Lipinski definition) is 6. The van der Waals surface area contributed by atoms with Gasteiger partial charge in [-0.3, -0.25) is 14.5 Å². The van der Waals surface area contributed by atoms with E-state index in [1.165, 1.54) is 23.8 Å². The molecule has 0 aromatic heterocycles. The number of amidine groups is 1. The fraction of sp³-hybridized carbons (Fsp3) is 0.238. The van der Waals surface area contributed by atoms with Crippen molar-refractivity contribution in [2.24, 2.45) is 4.99 Å². The summed E-state index contributed by atoms with van der Waals surface area (Å²) in [5.74, 6) is -0.947. The second-order valence-corrected chi connectivity index (χ2v) is 8.23. The molecule has 9 heteroatoms. The Kier molecular flexibility index (Phi) is 6.79. The molecule has 0 radical (unpaired) electrons. The van der Waals surface area contributed by atoms with Gasteiger partial charge in [-0.15, -0.1) is 0 Å². The number of hydrogen-bond donors (Lipinski definition) is 1. The number of benzene rings is 2. The number of halogens is 1. The van der Waals surface area contributed by atoms with E-state index in [2.05, 4.69) is 15.0 Å². The summed E-state index contributed by atoms with van der Waals surface area (Å²) in [6.07, 6.45) is 0.0624. The van der Waals surface area contributed by atoms with E-state index in [4.69, 9.17) is 11.6 Å². The molecule has 7 nitrogen and oxygen atoms in total. The highest BCUT2D eigenvalue weighted by Gasteiger charge is 2.34. The third-order valence-corrected chi connectivity index (χ3v) is 6.16. The Morgan fingerprint density at radius 3 is 2.57 bits per heavy atom. The van der Waals surface area contributed by atoms with Crippen LogP contribution in [-0.2, 0) is 14.3 Å². The number of amides is 2. The van der Waals surface area contributed by atoms with Crippen molar-refractivity contribution < 1.29 is 19.1 Å². The van der Waals surface area contributed by atoms with Crippen LogP contribution in [0.1, 0.15) is 22.3 Å². The molecular weight excluding hydrogens is 426 g/mol. The largest absolute Gasteiger partial charge is 0.465 e. The van der Waals surface area contributed by atoms with Crippen molar-refractivity contribution in [3.8, 4) is 0 Å². The van der Waals surface area contributed by atoms with Gasteiger partial charge in [-0.25, -0.2) is 9.79 Å². The molecule has 1 aliphatic rings. The van der Waals surface area contributed by atoms with Gasteiger partial charge in [-0.2, -0.15) is 0 Å². The molecule has 1 fully saturated rings. The summed E-state index contributed by atoms with van der Waals surface area (Å²) in [4.78, 5) is 42.6. The van der Waals surface area contributed by atoms with Crippen molar-refractivity contribution in [3.05, 3.63) is 58.6 Å². The third kappa shape index (κ3) is 5.01. The first-order chi connectivity index (χ1) is 14.3. The number of carbonyl (C=O) groups excluding carboxylic acids is 3. The van der Waals surface area contributed by atoms with Gasteiger partial charge in [0, 0.05) is 24.2 Å². The summed E-state index contributed by atoms with van der Waals surface area (Å²) >= 11 is 7.32. The highest BCUT2D eigenvalue weighted by molar-refractivity contribution is 8.15. The minimum Gasteiger partial charge on any atom is -0.465 e. The van der Waals surface area contributed by atoms with E-state index in [0.29, 0.717) is 27.1 Å². The lowest BCUT2D eigenvalue weighted by Crippen LogP contribution is -2.43. The Morgan fingerprint density at radius 2 is 1.93 bits per heavy atom. The lowest BCUT2D eigenvalue weighted by molar-refractivity contribution is -0.128. The zero-order valence-corrected chi connectivity index (χ0v) is 18.2. The van der Waals surface area contributed by atoms with Crippen molar-refractivity contribution in [3.63, 3.8) is 0 Å². The lowest BCUT2D eigenvalue weighted by Gasteiger charge is -2.28. The molecule has 30 heavy (non-hydrogen) atoms. The van der Waals surface area contributed by atoms with Gasteiger partial charge < -0.3 is 10.1 Å². The molecule has 1 N–H and O–H groups in total. The molecule has 1 saturated heterocycles. The van der Waals surface area contributed by atoms with Gasteiger partial charge in [0.2, 0.25) is 11.8 Å². The standard InChI is InChI=1S/C21H20ClN3O4S/c1-12-4-7-15(10-16(12)22)23-19(27)17-11-18(26)25(2)21(30-17)24-14-8-5-13(6-9-14)20(28)29-3/h4-10,17H,11H2,1-3H3,(H,23,27)/t17-/m1/s1. The fourth-order valence-electron chi connectivity index (χ4n) is 2.69. The van der Waals surface area contributed by atoms with Gasteiger partial charge in [-0.05, 0) is 48.9 Å². The first-order valence-electron chi connectivity index (χ1n) is 9.06. The average molecular weight is 446 g/mol. The first kappa shape index (κ1) is 21.9. The Labute approximate surface area is 183 Å². The second-order valence-electron chi connectivity index (χ2n) is 6.65. The SMILES string of the molecule is COC(=O)c1ccc(N=C2S[C@@H](C(=O)Nc3ccc(C)c(Cl)c3)CC(=O)N2C)cc1. The smallest absolute Gasteiger partial charge is 0.337 e. The van der Waals surface area contributed by atoms with Crippen molar-refractivity contribution in [2.75, 3.05) is 19.5 Å². The molecule has 0 spiro atoms. The van der Waals surface area contributed by atoms with Crippen LogP contribution in [0.25, 0.3) is 0 Å². The fourth-order valence-corrected chi connectivity index (χ4v) is 3.94. The number of methoxy groups -OCH3 is 1. The summed E-state index contributed by atoms with van der Waals surface area (Å²) in [7, 11) is 2.93. The molecule has 1 heterocycles. The van der Waals surface area contributed by atoms with E-state index < -0.39 is 11.2 Å². The number of nitrogens with one attached hydrogen (secondary N) is 1. The van der Waals surface area contributed by atoms with Crippen molar-refractivity contribution in [1.82, 2.24) is 4.90 Å². The number of nitrogens with zero attached hydrogens (tertiary/aromatic N) is 2. The Morgan fingerprint density at radius 1 is 1.23 bits per heavy atom. The van der Waals surface area contributed by atoms with Crippen LogP contribution < -0.4 is 5.32 Å². The third-order valence-electron chi connectivity index (χ3n) is 4.51. The molecule has 2 amide bonds. The van der Waals surface area contributed by atoms with Crippen LogP contribution >= 0.6 is 23.4 Å². The minimum atomic E-state index is -0.623. The Hall–Kier alpha value is -2.84. The van der Waals surface area contributed by atoms with Crippen molar-refractivity contribution in [1.29, 1.82) is 0 Å². The highest BCUT2D eigenvalue weighted by Crippen LogP contribution is 2.29. The van der Waals surface area contributed by atoms with Crippen molar-refractivity contribution >= 4 is 57.7 Å². The van der Waals surface area contributed by atoms with Crippen molar-refractivity contribution in [2.45, 2.75) is 18.6 Å². The zero-order valence-electron chi connectivity index (χ0n) is 16.6. The molecule has 0 unspecified atom stereocenters.